The molecule has 4 N–H and O–H groups in total. The van der Waals surface area contributed by atoms with Crippen LogP contribution in [0, 0.1) is 6.92 Å². The van der Waals surface area contributed by atoms with E-state index in [9.17, 15) is 31.2 Å². The van der Waals surface area contributed by atoms with Crippen molar-refractivity contribution in [3.8, 4) is 5.75 Å². The first-order valence-corrected chi connectivity index (χ1v) is 12.0. The first-order valence-electron chi connectivity index (χ1n) is 10.1. The maximum absolute atomic E-state index is 13.0. The first-order chi connectivity index (χ1) is 16.7. The average Bonchev–Trinajstić information content (AvgIpc) is 2.78. The minimum Gasteiger partial charge on any atom is -0.482 e. The minimum absolute atomic E-state index is 0.0337. The van der Waals surface area contributed by atoms with Gasteiger partial charge >= 0.3 is 6.18 Å². The molecule has 0 atom stereocenters. The summed E-state index contributed by atoms with van der Waals surface area (Å²) in [5.41, 5.74) is -0.430. The molecule has 36 heavy (non-hydrogen) atoms. The summed E-state index contributed by atoms with van der Waals surface area (Å²) in [6.07, 6.45) is -4.62. The Bertz CT molecular complexity index is 1430. The molecule has 0 bridgehead atoms. The molecule has 0 aliphatic carbocycles. The van der Waals surface area contributed by atoms with E-state index >= 15 is 0 Å². The molecule has 3 aromatic carbocycles. The molecule has 0 aromatic heterocycles. The Hall–Kier alpha value is -3.61. The molecule has 13 heteroatoms. The molecule has 8 nitrogen and oxygen atoms in total. The van der Waals surface area contributed by atoms with E-state index in [1.165, 1.54) is 42.5 Å². The molecule has 0 heterocycles. The summed E-state index contributed by atoms with van der Waals surface area (Å²) in [6.45, 7) is 1.07. The molecular formula is C23H19ClF3N3O5S. The monoisotopic (exact) mass is 541 g/mol. The molecule has 0 unspecified atom stereocenters. The van der Waals surface area contributed by atoms with Crippen LogP contribution in [-0.2, 0) is 21.0 Å². The number of rotatable bonds is 7. The van der Waals surface area contributed by atoms with E-state index in [4.69, 9.17) is 21.5 Å². The molecular weight excluding hydrogens is 523 g/mol. The summed E-state index contributed by atoms with van der Waals surface area (Å²) in [4.78, 5) is 24.8. The largest absolute Gasteiger partial charge is 0.482 e. The van der Waals surface area contributed by atoms with Gasteiger partial charge in [-0.25, -0.2) is 13.6 Å². The van der Waals surface area contributed by atoms with E-state index in [-0.39, 0.29) is 26.9 Å². The highest BCUT2D eigenvalue weighted by atomic mass is 35.5. The van der Waals surface area contributed by atoms with Crippen molar-refractivity contribution in [2.75, 3.05) is 17.2 Å². The third kappa shape index (κ3) is 6.97. The number of aryl methyl sites for hydroxylation is 1. The van der Waals surface area contributed by atoms with Crippen LogP contribution >= 0.6 is 11.6 Å². The smallest absolute Gasteiger partial charge is 0.416 e. The molecule has 0 aliphatic heterocycles. The molecule has 3 aromatic rings. The van der Waals surface area contributed by atoms with Gasteiger partial charge in [-0.05, 0) is 67.1 Å². The van der Waals surface area contributed by atoms with Crippen LogP contribution in [0.4, 0.5) is 24.5 Å². The number of nitrogens with one attached hydrogen (secondary N) is 2. The maximum atomic E-state index is 13.0. The van der Waals surface area contributed by atoms with Crippen molar-refractivity contribution in [1.29, 1.82) is 0 Å². The lowest BCUT2D eigenvalue weighted by Gasteiger charge is -2.14. The van der Waals surface area contributed by atoms with Gasteiger partial charge in [-0.1, -0.05) is 17.7 Å². The number of benzene rings is 3. The molecule has 2 amide bonds. The Labute approximate surface area is 209 Å². The van der Waals surface area contributed by atoms with Gasteiger partial charge in [0.15, 0.2) is 6.61 Å². The standard InChI is InChI=1S/C23H19ClF3N3O5S/c1-13-9-17(36(28,33)34)6-7-18(13)29-21(31)12-35-20-8-5-16(24)11-19(20)30-22(32)14-3-2-4-15(10-14)23(25,26)27/h2-11H,12H2,1H3,(H,29,31)(H,30,32)(H2,28,33,34). The van der Waals surface area contributed by atoms with Crippen LogP contribution in [0.1, 0.15) is 21.5 Å². The number of halogens is 4. The van der Waals surface area contributed by atoms with Crippen molar-refractivity contribution in [2.45, 2.75) is 18.0 Å². The zero-order valence-electron chi connectivity index (χ0n) is 18.5. The van der Waals surface area contributed by atoms with Gasteiger partial charge in [0.05, 0.1) is 16.1 Å². The average molecular weight is 542 g/mol. The Morgan fingerprint density at radius 2 is 1.72 bits per heavy atom. The summed E-state index contributed by atoms with van der Waals surface area (Å²) in [6, 6.07) is 11.9. The van der Waals surface area contributed by atoms with E-state index in [0.29, 0.717) is 17.3 Å². The number of anilines is 2. The summed E-state index contributed by atoms with van der Waals surface area (Å²) < 4.78 is 67.3. The first kappa shape index (κ1) is 27.0. The Morgan fingerprint density at radius 1 is 1.00 bits per heavy atom. The summed E-state index contributed by atoms with van der Waals surface area (Å²) in [5, 5.41) is 10.3. The molecule has 0 fully saturated rings. The molecule has 0 radical (unpaired) electrons. The number of primary sulfonamides is 1. The fraction of sp³-hybridized carbons (Fsp3) is 0.130. The van der Waals surface area contributed by atoms with E-state index in [0.717, 1.165) is 12.1 Å². The van der Waals surface area contributed by atoms with Crippen LogP contribution in [0.5, 0.6) is 5.75 Å². The SMILES string of the molecule is Cc1cc(S(N)(=O)=O)ccc1NC(=O)COc1ccc(Cl)cc1NC(=O)c1cccc(C(F)(F)F)c1. The predicted octanol–water partition coefficient (Wildman–Crippen LogP) is 4.58. The zero-order chi connectivity index (χ0) is 26.7. The number of alkyl halides is 3. The van der Waals surface area contributed by atoms with Crippen molar-refractivity contribution in [3.63, 3.8) is 0 Å². The van der Waals surface area contributed by atoms with E-state index in [1.807, 2.05) is 0 Å². The number of carbonyl (C=O) groups is 2. The lowest BCUT2D eigenvalue weighted by molar-refractivity contribution is -0.137. The summed E-state index contributed by atoms with van der Waals surface area (Å²) >= 11 is 5.98. The van der Waals surface area contributed by atoms with Gasteiger partial charge in [0.2, 0.25) is 10.0 Å². The van der Waals surface area contributed by atoms with Gasteiger partial charge < -0.3 is 15.4 Å². The predicted molar refractivity (Wildman–Crippen MR) is 128 cm³/mol. The molecule has 0 spiro atoms. The minimum atomic E-state index is -4.62. The van der Waals surface area contributed by atoms with Crippen LogP contribution in [0.25, 0.3) is 0 Å². The fourth-order valence-electron chi connectivity index (χ4n) is 3.04. The molecule has 0 saturated carbocycles. The highest BCUT2D eigenvalue weighted by molar-refractivity contribution is 7.89. The zero-order valence-corrected chi connectivity index (χ0v) is 20.1. The van der Waals surface area contributed by atoms with Crippen molar-refractivity contribution in [1.82, 2.24) is 0 Å². The summed E-state index contributed by atoms with van der Waals surface area (Å²) in [7, 11) is -3.90. The number of nitrogens with two attached hydrogens (primary N) is 1. The van der Waals surface area contributed by atoms with Gasteiger partial charge in [0, 0.05) is 16.3 Å². The van der Waals surface area contributed by atoms with Crippen molar-refractivity contribution >= 4 is 44.8 Å². The Balaban J connectivity index is 1.71. The van der Waals surface area contributed by atoms with Crippen molar-refractivity contribution < 1.29 is 35.9 Å². The normalized spacial score (nSPS) is 11.6. The van der Waals surface area contributed by atoms with Crippen LogP contribution < -0.4 is 20.5 Å². The van der Waals surface area contributed by atoms with Gasteiger partial charge in [-0.2, -0.15) is 13.2 Å². The second-order valence-corrected chi connectivity index (χ2v) is 9.53. The van der Waals surface area contributed by atoms with Gasteiger partial charge in [-0.15, -0.1) is 0 Å². The van der Waals surface area contributed by atoms with Crippen LogP contribution in [0.15, 0.2) is 65.6 Å². The highest BCUT2D eigenvalue weighted by Gasteiger charge is 2.31. The topological polar surface area (TPSA) is 128 Å². The highest BCUT2D eigenvalue weighted by Crippen LogP contribution is 2.31. The van der Waals surface area contributed by atoms with Gasteiger partial charge in [0.25, 0.3) is 11.8 Å². The van der Waals surface area contributed by atoms with Gasteiger partial charge in [-0.3, -0.25) is 9.59 Å². The Kier molecular flexibility index (Phi) is 7.92. The molecule has 0 saturated heterocycles. The van der Waals surface area contributed by atoms with Crippen LogP contribution in [0.2, 0.25) is 5.02 Å². The second-order valence-electron chi connectivity index (χ2n) is 7.53. The second kappa shape index (κ2) is 10.6. The van der Waals surface area contributed by atoms with Crippen molar-refractivity contribution in [2.24, 2.45) is 5.14 Å². The van der Waals surface area contributed by atoms with Crippen LogP contribution in [-0.4, -0.2) is 26.8 Å². The number of amides is 2. The van der Waals surface area contributed by atoms with E-state index in [1.54, 1.807) is 6.92 Å². The van der Waals surface area contributed by atoms with E-state index < -0.39 is 40.2 Å². The quantitative estimate of drug-likeness (QED) is 0.403. The molecule has 0 aliphatic rings. The molecule has 190 valence electrons. The number of ether oxygens (including phenoxy) is 1. The van der Waals surface area contributed by atoms with Gasteiger partial charge in [0.1, 0.15) is 5.75 Å². The third-order valence-electron chi connectivity index (χ3n) is 4.80. The van der Waals surface area contributed by atoms with Crippen LogP contribution in [0.3, 0.4) is 0 Å². The number of sulfonamides is 1. The lowest BCUT2D eigenvalue weighted by Crippen LogP contribution is -2.22. The fourth-order valence-corrected chi connectivity index (χ4v) is 3.81. The lowest BCUT2D eigenvalue weighted by atomic mass is 10.1. The molecule has 3 rings (SSSR count). The van der Waals surface area contributed by atoms with E-state index in [2.05, 4.69) is 10.6 Å². The van der Waals surface area contributed by atoms with Crippen molar-refractivity contribution in [3.05, 3.63) is 82.4 Å². The summed E-state index contributed by atoms with van der Waals surface area (Å²) in [5.74, 6) is -1.41. The Morgan fingerprint density at radius 3 is 2.36 bits per heavy atom. The maximum Gasteiger partial charge on any atom is 0.416 e. The number of hydrogen-bond donors (Lipinski definition) is 3. The number of hydrogen-bond acceptors (Lipinski definition) is 5. The number of carbonyl (C=O) groups excluding carboxylic acids is 2. The third-order valence-corrected chi connectivity index (χ3v) is 5.95.